The van der Waals surface area contributed by atoms with Gasteiger partial charge in [-0.2, -0.15) is 0 Å². The van der Waals surface area contributed by atoms with E-state index in [1.807, 2.05) is 6.07 Å². The average Bonchev–Trinajstić information content (AvgIpc) is 2.90. The van der Waals surface area contributed by atoms with Crippen LogP contribution in [0.2, 0.25) is 0 Å². The maximum atomic E-state index is 12.9. The van der Waals surface area contributed by atoms with E-state index in [4.69, 9.17) is 0 Å². The van der Waals surface area contributed by atoms with Crippen molar-refractivity contribution in [2.75, 3.05) is 24.2 Å². The Hall–Kier alpha value is -2.87. The molecule has 0 fully saturated rings. The van der Waals surface area contributed by atoms with Gasteiger partial charge in [0.1, 0.15) is 5.82 Å². The number of nitrogens with one attached hydrogen (secondary N) is 2. The van der Waals surface area contributed by atoms with Crippen molar-refractivity contribution >= 4 is 35.2 Å². The predicted octanol–water partition coefficient (Wildman–Crippen LogP) is 3.04. The maximum Gasteiger partial charge on any atom is 0.254 e. The summed E-state index contributed by atoms with van der Waals surface area (Å²) in [7, 11) is 0. The molecule has 6 nitrogen and oxygen atoms in total. The van der Waals surface area contributed by atoms with Gasteiger partial charge in [0.15, 0.2) is 0 Å². The molecule has 3 amide bonds. The Kier molecular flexibility index (Phi) is 6.87. The second-order valence-electron chi connectivity index (χ2n) is 6.58. The number of rotatable bonds is 6. The summed E-state index contributed by atoms with van der Waals surface area (Å²) in [5.74, 6) is -0.299. The third kappa shape index (κ3) is 5.57. The van der Waals surface area contributed by atoms with E-state index in [0.717, 1.165) is 10.5 Å². The van der Waals surface area contributed by atoms with Gasteiger partial charge in [0.2, 0.25) is 11.8 Å². The zero-order valence-electron chi connectivity index (χ0n) is 16.0. The van der Waals surface area contributed by atoms with Crippen molar-refractivity contribution in [1.82, 2.24) is 10.2 Å². The van der Waals surface area contributed by atoms with Gasteiger partial charge >= 0.3 is 0 Å². The Morgan fingerprint density at radius 3 is 2.69 bits per heavy atom. The fourth-order valence-electron chi connectivity index (χ4n) is 2.89. The summed E-state index contributed by atoms with van der Waals surface area (Å²) in [5.41, 5.74) is 1.81. The lowest BCUT2D eigenvalue weighted by Gasteiger charge is -2.21. The molecule has 0 aliphatic carbocycles. The maximum absolute atomic E-state index is 12.9. The highest BCUT2D eigenvalue weighted by molar-refractivity contribution is 7.99. The first kappa shape index (κ1) is 20.9. The highest BCUT2D eigenvalue weighted by Gasteiger charge is 2.20. The Bertz CT molecular complexity index is 918. The predicted molar refractivity (Wildman–Crippen MR) is 110 cm³/mol. The second kappa shape index (κ2) is 9.56. The molecule has 3 rings (SSSR count). The van der Waals surface area contributed by atoms with Gasteiger partial charge in [0.05, 0.1) is 12.2 Å². The third-order valence-corrected chi connectivity index (χ3v) is 5.57. The molecule has 1 aliphatic heterocycles. The largest absolute Gasteiger partial charge is 0.350 e. The van der Waals surface area contributed by atoms with E-state index in [0.29, 0.717) is 30.0 Å². The number of benzene rings is 2. The lowest BCUT2D eigenvalue weighted by molar-refractivity contribution is -0.122. The number of carbonyl (C=O) groups excluding carboxylic acids is 3. The van der Waals surface area contributed by atoms with Crippen LogP contribution < -0.4 is 10.6 Å². The van der Waals surface area contributed by atoms with E-state index in [-0.39, 0.29) is 36.6 Å². The molecule has 8 heteroatoms. The molecule has 0 aromatic heterocycles. The molecule has 152 valence electrons. The molecule has 0 unspecified atom stereocenters. The number of amides is 3. The van der Waals surface area contributed by atoms with Gasteiger partial charge in [-0.05, 0) is 42.8 Å². The monoisotopic (exact) mass is 415 g/mol. The number of hydrogen-bond donors (Lipinski definition) is 2. The molecular weight excluding hydrogens is 393 g/mol. The van der Waals surface area contributed by atoms with E-state index < -0.39 is 0 Å². The summed E-state index contributed by atoms with van der Waals surface area (Å²) in [6.45, 7) is 2.33. The van der Waals surface area contributed by atoms with Gasteiger partial charge in [-0.3, -0.25) is 14.4 Å². The minimum Gasteiger partial charge on any atom is -0.350 e. The SMILES string of the molecule is CCN(CC(=O)NCc1ccc(F)cc1)C(=O)c1ccc2c(c1)NC(=O)CCS2. The molecule has 1 aliphatic rings. The average molecular weight is 415 g/mol. The van der Waals surface area contributed by atoms with Crippen LogP contribution >= 0.6 is 11.8 Å². The summed E-state index contributed by atoms with van der Waals surface area (Å²) in [6, 6.07) is 11.1. The minimum atomic E-state index is -0.335. The molecular formula is C21H22FN3O3S. The van der Waals surface area contributed by atoms with Crippen molar-refractivity contribution in [1.29, 1.82) is 0 Å². The lowest BCUT2D eigenvalue weighted by Crippen LogP contribution is -2.40. The normalized spacial score (nSPS) is 13.1. The minimum absolute atomic E-state index is 0.0756. The van der Waals surface area contributed by atoms with Crippen LogP contribution in [0.5, 0.6) is 0 Å². The first-order valence-corrected chi connectivity index (χ1v) is 10.3. The Labute approximate surface area is 172 Å². The van der Waals surface area contributed by atoms with E-state index in [2.05, 4.69) is 10.6 Å². The Balaban J connectivity index is 1.63. The number of carbonyl (C=O) groups is 3. The fourth-order valence-corrected chi connectivity index (χ4v) is 3.83. The van der Waals surface area contributed by atoms with Crippen molar-refractivity contribution in [3.63, 3.8) is 0 Å². The zero-order valence-corrected chi connectivity index (χ0v) is 16.9. The van der Waals surface area contributed by atoms with Crippen LogP contribution in [-0.2, 0) is 16.1 Å². The number of thioether (sulfide) groups is 1. The number of halogens is 1. The molecule has 0 radical (unpaired) electrons. The van der Waals surface area contributed by atoms with Crippen LogP contribution in [0.15, 0.2) is 47.4 Å². The molecule has 0 atom stereocenters. The van der Waals surface area contributed by atoms with Gasteiger partial charge in [-0.15, -0.1) is 11.8 Å². The van der Waals surface area contributed by atoms with E-state index in [1.165, 1.54) is 17.0 Å². The van der Waals surface area contributed by atoms with Crippen LogP contribution in [0.1, 0.15) is 29.3 Å². The number of anilines is 1. The summed E-state index contributed by atoms with van der Waals surface area (Å²) in [5, 5.41) is 5.56. The Morgan fingerprint density at radius 2 is 1.97 bits per heavy atom. The standard InChI is InChI=1S/C21H22FN3O3S/c1-2-25(13-20(27)23-12-14-3-6-16(22)7-4-14)21(28)15-5-8-18-17(11-15)24-19(26)9-10-29-18/h3-8,11H,2,9-10,12-13H2,1H3,(H,23,27)(H,24,26). The molecule has 1 heterocycles. The fraction of sp³-hybridized carbons (Fsp3) is 0.286. The van der Waals surface area contributed by atoms with Crippen molar-refractivity contribution in [3.05, 3.63) is 59.4 Å². The summed E-state index contributed by atoms with van der Waals surface area (Å²) >= 11 is 1.57. The number of nitrogens with zero attached hydrogens (tertiary/aromatic N) is 1. The van der Waals surface area contributed by atoms with E-state index in [1.54, 1.807) is 43.0 Å². The number of likely N-dealkylation sites (N-methyl/N-ethyl adjacent to an activating group) is 1. The first-order chi connectivity index (χ1) is 14.0. The van der Waals surface area contributed by atoms with Gasteiger partial charge in [0, 0.05) is 35.7 Å². The molecule has 0 saturated carbocycles. The van der Waals surface area contributed by atoms with Gasteiger partial charge in [0.25, 0.3) is 5.91 Å². The first-order valence-electron chi connectivity index (χ1n) is 9.33. The number of hydrogen-bond acceptors (Lipinski definition) is 4. The smallest absolute Gasteiger partial charge is 0.254 e. The molecule has 0 spiro atoms. The van der Waals surface area contributed by atoms with Crippen molar-refractivity contribution in [2.24, 2.45) is 0 Å². The molecule has 0 bridgehead atoms. The summed E-state index contributed by atoms with van der Waals surface area (Å²) in [4.78, 5) is 39.3. The molecule has 29 heavy (non-hydrogen) atoms. The van der Waals surface area contributed by atoms with Gasteiger partial charge in [-0.1, -0.05) is 12.1 Å². The lowest BCUT2D eigenvalue weighted by atomic mass is 10.1. The topological polar surface area (TPSA) is 78.5 Å². The molecule has 2 aromatic carbocycles. The highest BCUT2D eigenvalue weighted by atomic mass is 32.2. The number of fused-ring (bicyclic) bond motifs is 1. The van der Waals surface area contributed by atoms with Crippen molar-refractivity contribution < 1.29 is 18.8 Å². The van der Waals surface area contributed by atoms with Crippen LogP contribution in [0.3, 0.4) is 0 Å². The second-order valence-corrected chi connectivity index (χ2v) is 7.72. The van der Waals surface area contributed by atoms with Gasteiger partial charge in [-0.25, -0.2) is 4.39 Å². The molecule has 0 saturated heterocycles. The zero-order chi connectivity index (χ0) is 20.8. The van der Waals surface area contributed by atoms with Gasteiger partial charge < -0.3 is 15.5 Å². The van der Waals surface area contributed by atoms with E-state index in [9.17, 15) is 18.8 Å². The van der Waals surface area contributed by atoms with Crippen LogP contribution in [0.25, 0.3) is 0 Å². The van der Waals surface area contributed by atoms with Crippen LogP contribution in [0, 0.1) is 5.82 Å². The third-order valence-electron chi connectivity index (χ3n) is 4.49. The van der Waals surface area contributed by atoms with Crippen LogP contribution in [0.4, 0.5) is 10.1 Å². The quantitative estimate of drug-likeness (QED) is 0.760. The summed E-state index contributed by atoms with van der Waals surface area (Å²) in [6.07, 6.45) is 0.429. The molecule has 2 N–H and O–H groups in total. The van der Waals surface area contributed by atoms with Crippen molar-refractivity contribution in [2.45, 2.75) is 24.8 Å². The summed E-state index contributed by atoms with van der Waals surface area (Å²) < 4.78 is 12.9. The molecule has 2 aromatic rings. The Morgan fingerprint density at radius 1 is 1.21 bits per heavy atom. The highest BCUT2D eigenvalue weighted by Crippen LogP contribution is 2.31. The van der Waals surface area contributed by atoms with Crippen molar-refractivity contribution in [3.8, 4) is 0 Å². The van der Waals surface area contributed by atoms with Crippen LogP contribution in [-0.4, -0.2) is 41.5 Å². The van der Waals surface area contributed by atoms with E-state index >= 15 is 0 Å².